The molecule has 0 atom stereocenters. The normalized spacial score (nSPS) is 11.4. The molecular formula is C17H35IN6. The smallest absolute Gasteiger partial charge is 0.191 e. The minimum absolute atomic E-state index is 0. The maximum atomic E-state index is 4.62. The Labute approximate surface area is 164 Å². The van der Waals surface area contributed by atoms with E-state index in [1.807, 2.05) is 23.1 Å². The lowest BCUT2D eigenvalue weighted by atomic mass is 10.3. The van der Waals surface area contributed by atoms with E-state index in [4.69, 9.17) is 0 Å². The van der Waals surface area contributed by atoms with E-state index in [0.717, 1.165) is 51.6 Å². The van der Waals surface area contributed by atoms with Gasteiger partial charge in [-0.25, -0.2) is 0 Å². The fourth-order valence-corrected chi connectivity index (χ4v) is 2.41. The van der Waals surface area contributed by atoms with Gasteiger partial charge < -0.3 is 15.5 Å². The van der Waals surface area contributed by atoms with Gasteiger partial charge in [0.15, 0.2) is 5.96 Å². The number of hydrogen-bond acceptors (Lipinski definition) is 3. The summed E-state index contributed by atoms with van der Waals surface area (Å²) in [4.78, 5) is 7.09. The van der Waals surface area contributed by atoms with Crippen molar-refractivity contribution in [2.75, 3.05) is 39.3 Å². The van der Waals surface area contributed by atoms with E-state index in [-0.39, 0.29) is 24.0 Å². The van der Waals surface area contributed by atoms with Crippen LogP contribution in [0.15, 0.2) is 23.5 Å². The van der Waals surface area contributed by atoms with Crippen LogP contribution in [-0.2, 0) is 6.54 Å². The highest BCUT2D eigenvalue weighted by molar-refractivity contribution is 14.0. The van der Waals surface area contributed by atoms with Crippen LogP contribution in [-0.4, -0.2) is 59.9 Å². The number of halogens is 1. The van der Waals surface area contributed by atoms with E-state index < -0.39 is 0 Å². The molecule has 0 bridgehead atoms. The number of rotatable bonds is 12. The molecule has 1 aromatic heterocycles. The molecule has 1 heterocycles. The fraction of sp³-hybridized carbons (Fsp3) is 0.765. The van der Waals surface area contributed by atoms with E-state index in [2.05, 4.69) is 46.4 Å². The predicted octanol–water partition coefficient (Wildman–Crippen LogP) is 2.57. The molecule has 0 radical (unpaired) electrons. The van der Waals surface area contributed by atoms with E-state index in [1.54, 1.807) is 0 Å². The molecule has 6 nitrogen and oxygen atoms in total. The lowest BCUT2D eigenvalue weighted by molar-refractivity contribution is 0.297. The summed E-state index contributed by atoms with van der Waals surface area (Å²) in [5.74, 6) is 0.927. The molecule has 140 valence electrons. The van der Waals surface area contributed by atoms with Gasteiger partial charge >= 0.3 is 0 Å². The topological polar surface area (TPSA) is 57.5 Å². The van der Waals surface area contributed by atoms with Gasteiger partial charge in [-0.15, -0.1) is 24.0 Å². The van der Waals surface area contributed by atoms with E-state index in [0.29, 0.717) is 0 Å². The number of unbranched alkanes of at least 4 members (excludes halogenated alkanes) is 1. The van der Waals surface area contributed by atoms with Crippen molar-refractivity contribution in [3.63, 3.8) is 0 Å². The number of aromatic nitrogens is 2. The molecule has 24 heavy (non-hydrogen) atoms. The Kier molecular flexibility index (Phi) is 15.1. The summed E-state index contributed by atoms with van der Waals surface area (Å²) in [5, 5.41) is 10.9. The van der Waals surface area contributed by atoms with Gasteiger partial charge in [-0.05, 0) is 51.9 Å². The first-order valence-electron chi connectivity index (χ1n) is 9.02. The highest BCUT2D eigenvalue weighted by atomic mass is 127. The third-order valence-corrected chi connectivity index (χ3v) is 3.81. The molecule has 0 aliphatic heterocycles. The summed E-state index contributed by atoms with van der Waals surface area (Å²) in [6.45, 7) is 13.6. The van der Waals surface area contributed by atoms with Crippen LogP contribution < -0.4 is 10.6 Å². The second kappa shape index (κ2) is 15.7. The standard InChI is InChI=1S/C17H34N6.HI/c1-4-18-17(19-11-7-8-14-22(5-2)6-3)20-12-9-15-23-16-10-13-21-23;/h10,13,16H,4-9,11-12,14-15H2,1-3H3,(H2,18,19,20);1H. The molecule has 0 aromatic carbocycles. The van der Waals surface area contributed by atoms with Crippen LogP contribution in [0.5, 0.6) is 0 Å². The number of nitrogens with zero attached hydrogens (tertiary/aromatic N) is 4. The summed E-state index contributed by atoms with van der Waals surface area (Å²) in [6, 6.07) is 1.95. The predicted molar refractivity (Wildman–Crippen MR) is 113 cm³/mol. The molecular weight excluding hydrogens is 415 g/mol. The molecule has 0 amide bonds. The van der Waals surface area contributed by atoms with Crippen molar-refractivity contribution in [3.05, 3.63) is 18.5 Å². The van der Waals surface area contributed by atoms with Gasteiger partial charge in [0.05, 0.1) is 0 Å². The Balaban J connectivity index is 0.00000529. The third kappa shape index (κ3) is 10.9. The van der Waals surface area contributed by atoms with Crippen LogP contribution in [0.25, 0.3) is 0 Å². The Morgan fingerprint density at radius 2 is 1.92 bits per heavy atom. The van der Waals surface area contributed by atoms with Gasteiger partial charge in [0.2, 0.25) is 0 Å². The van der Waals surface area contributed by atoms with Crippen molar-refractivity contribution < 1.29 is 0 Å². The van der Waals surface area contributed by atoms with Gasteiger partial charge in [-0.3, -0.25) is 9.67 Å². The second-order valence-corrected chi connectivity index (χ2v) is 5.54. The van der Waals surface area contributed by atoms with Gasteiger partial charge in [-0.2, -0.15) is 5.10 Å². The van der Waals surface area contributed by atoms with Crippen LogP contribution >= 0.6 is 24.0 Å². The minimum atomic E-state index is 0. The second-order valence-electron chi connectivity index (χ2n) is 5.54. The zero-order valence-electron chi connectivity index (χ0n) is 15.5. The maximum Gasteiger partial charge on any atom is 0.191 e. The van der Waals surface area contributed by atoms with E-state index >= 15 is 0 Å². The first-order valence-corrected chi connectivity index (χ1v) is 9.02. The molecule has 0 unspecified atom stereocenters. The van der Waals surface area contributed by atoms with Gasteiger partial charge in [0.25, 0.3) is 0 Å². The van der Waals surface area contributed by atoms with Crippen LogP contribution in [0.4, 0.5) is 0 Å². The van der Waals surface area contributed by atoms with Crippen LogP contribution in [0.2, 0.25) is 0 Å². The number of guanidine groups is 1. The molecule has 1 aromatic rings. The van der Waals surface area contributed by atoms with E-state index in [9.17, 15) is 0 Å². The molecule has 2 N–H and O–H groups in total. The fourth-order valence-electron chi connectivity index (χ4n) is 2.41. The number of aryl methyl sites for hydroxylation is 1. The van der Waals surface area contributed by atoms with Crippen LogP contribution in [0, 0.1) is 0 Å². The Bertz CT molecular complexity index is 403. The highest BCUT2D eigenvalue weighted by Crippen LogP contribution is 1.94. The third-order valence-electron chi connectivity index (χ3n) is 3.81. The Morgan fingerprint density at radius 3 is 2.54 bits per heavy atom. The SMILES string of the molecule is CCNC(=NCCCn1cccn1)NCCCCN(CC)CC.I. The van der Waals surface area contributed by atoms with Crippen molar-refractivity contribution in [3.8, 4) is 0 Å². The number of nitrogens with one attached hydrogen (secondary N) is 2. The van der Waals surface area contributed by atoms with Crippen molar-refractivity contribution in [1.82, 2.24) is 25.3 Å². The summed E-state index contributed by atoms with van der Waals surface area (Å²) in [6.07, 6.45) is 7.21. The molecule has 7 heteroatoms. The van der Waals surface area contributed by atoms with Gasteiger partial charge in [0, 0.05) is 38.6 Å². The van der Waals surface area contributed by atoms with E-state index in [1.165, 1.54) is 19.4 Å². The van der Waals surface area contributed by atoms with Crippen LogP contribution in [0.3, 0.4) is 0 Å². The molecule has 0 saturated carbocycles. The zero-order valence-corrected chi connectivity index (χ0v) is 17.8. The zero-order chi connectivity index (χ0) is 16.8. The molecule has 0 spiro atoms. The van der Waals surface area contributed by atoms with Crippen molar-refractivity contribution >= 4 is 29.9 Å². The molecule has 0 aliphatic carbocycles. The molecule has 1 rings (SSSR count). The Hall–Kier alpha value is -0.830. The lowest BCUT2D eigenvalue weighted by Crippen LogP contribution is -2.38. The summed E-state index contributed by atoms with van der Waals surface area (Å²) in [5.41, 5.74) is 0. The van der Waals surface area contributed by atoms with Crippen molar-refractivity contribution in [2.24, 2.45) is 4.99 Å². The summed E-state index contributed by atoms with van der Waals surface area (Å²) < 4.78 is 1.95. The molecule has 0 aliphatic rings. The highest BCUT2D eigenvalue weighted by Gasteiger charge is 2.00. The maximum absolute atomic E-state index is 4.62. The Morgan fingerprint density at radius 1 is 1.12 bits per heavy atom. The largest absolute Gasteiger partial charge is 0.357 e. The quantitative estimate of drug-likeness (QED) is 0.223. The summed E-state index contributed by atoms with van der Waals surface area (Å²) >= 11 is 0. The van der Waals surface area contributed by atoms with Gasteiger partial charge in [0.1, 0.15) is 0 Å². The average Bonchev–Trinajstić information content (AvgIpc) is 3.08. The lowest BCUT2D eigenvalue weighted by Gasteiger charge is -2.18. The van der Waals surface area contributed by atoms with Gasteiger partial charge in [-0.1, -0.05) is 13.8 Å². The van der Waals surface area contributed by atoms with Crippen LogP contribution in [0.1, 0.15) is 40.0 Å². The number of aliphatic imine (C=N–C) groups is 1. The first-order chi connectivity index (χ1) is 11.3. The summed E-state index contributed by atoms with van der Waals surface area (Å²) in [7, 11) is 0. The first kappa shape index (κ1) is 23.2. The average molecular weight is 450 g/mol. The minimum Gasteiger partial charge on any atom is -0.357 e. The monoisotopic (exact) mass is 450 g/mol. The van der Waals surface area contributed by atoms with Crippen molar-refractivity contribution in [2.45, 2.75) is 46.6 Å². The van der Waals surface area contributed by atoms with Crippen molar-refractivity contribution in [1.29, 1.82) is 0 Å². The number of hydrogen-bond donors (Lipinski definition) is 2. The molecule has 0 fully saturated rings. The molecule has 0 saturated heterocycles.